The maximum absolute atomic E-state index is 9.75. The van der Waals surface area contributed by atoms with E-state index in [-0.39, 0.29) is 12.4 Å². The lowest BCUT2D eigenvalue weighted by Gasteiger charge is -2.38. The molecule has 0 radical (unpaired) electrons. The van der Waals surface area contributed by atoms with Crippen molar-refractivity contribution in [2.24, 2.45) is 0 Å². The van der Waals surface area contributed by atoms with E-state index in [1.807, 2.05) is 0 Å². The largest absolute Gasteiger partial charge is 0.393 e. The van der Waals surface area contributed by atoms with Crippen molar-refractivity contribution < 1.29 is 14.6 Å². The normalized spacial score (nSPS) is 39.7. The van der Waals surface area contributed by atoms with E-state index in [4.69, 9.17) is 9.47 Å². The monoisotopic (exact) mass is 241 g/mol. The smallest absolute Gasteiger partial charge is 0.158 e. The molecule has 4 nitrogen and oxygen atoms in total. The Bertz CT molecular complexity index is 241. The zero-order valence-electron chi connectivity index (χ0n) is 10.4. The highest BCUT2D eigenvalue weighted by Gasteiger charge is 2.39. The van der Waals surface area contributed by atoms with E-state index in [0.717, 1.165) is 45.4 Å². The molecule has 2 unspecified atom stereocenters. The highest BCUT2D eigenvalue weighted by atomic mass is 16.7. The first-order chi connectivity index (χ1) is 8.33. The Hall–Kier alpha value is -0.160. The average molecular weight is 241 g/mol. The van der Waals surface area contributed by atoms with Gasteiger partial charge in [-0.3, -0.25) is 4.90 Å². The Labute approximate surface area is 103 Å². The highest BCUT2D eigenvalue weighted by molar-refractivity contribution is 4.95. The first-order valence-corrected chi connectivity index (χ1v) is 7.00. The Balaban J connectivity index is 1.48. The van der Waals surface area contributed by atoms with Gasteiger partial charge >= 0.3 is 0 Å². The van der Waals surface area contributed by atoms with E-state index in [2.05, 4.69) is 4.90 Å². The van der Waals surface area contributed by atoms with Crippen LogP contribution >= 0.6 is 0 Å². The molecule has 3 fully saturated rings. The number of ether oxygens (including phenoxy) is 2. The minimum Gasteiger partial charge on any atom is -0.393 e. The minimum atomic E-state index is -0.0640. The molecule has 0 aliphatic carbocycles. The topological polar surface area (TPSA) is 41.9 Å². The molecule has 98 valence electrons. The summed E-state index contributed by atoms with van der Waals surface area (Å²) in [6.07, 6.45) is 6.38. The number of piperidine rings is 1. The maximum Gasteiger partial charge on any atom is 0.158 e. The second-order valence-corrected chi connectivity index (χ2v) is 5.56. The number of hydrogen-bond donors (Lipinski definition) is 1. The van der Waals surface area contributed by atoms with Crippen LogP contribution in [0.5, 0.6) is 0 Å². The highest BCUT2D eigenvalue weighted by Crippen LogP contribution is 2.35. The lowest BCUT2D eigenvalue weighted by molar-refractivity contribution is -0.184. The van der Waals surface area contributed by atoms with Gasteiger partial charge in [0.2, 0.25) is 0 Å². The summed E-state index contributed by atoms with van der Waals surface area (Å²) >= 11 is 0. The molecule has 2 atom stereocenters. The van der Waals surface area contributed by atoms with Crippen molar-refractivity contribution in [3.05, 3.63) is 0 Å². The molecule has 0 aromatic heterocycles. The van der Waals surface area contributed by atoms with Crippen LogP contribution in [0.3, 0.4) is 0 Å². The van der Waals surface area contributed by atoms with Crippen molar-refractivity contribution in [1.82, 2.24) is 4.90 Å². The number of rotatable bonds is 3. The third-order valence-electron chi connectivity index (χ3n) is 4.38. The number of nitrogens with zero attached hydrogens (tertiary/aromatic N) is 1. The Morgan fingerprint density at radius 3 is 2.35 bits per heavy atom. The van der Waals surface area contributed by atoms with Crippen LogP contribution in [0, 0.1) is 0 Å². The third kappa shape index (κ3) is 2.65. The zero-order chi connectivity index (χ0) is 11.7. The van der Waals surface area contributed by atoms with Gasteiger partial charge in [0.1, 0.15) is 0 Å². The summed E-state index contributed by atoms with van der Waals surface area (Å²) in [6, 6.07) is 1.21. The zero-order valence-corrected chi connectivity index (χ0v) is 10.4. The summed E-state index contributed by atoms with van der Waals surface area (Å²) in [5.41, 5.74) is 0. The molecule has 1 N–H and O–H groups in total. The van der Waals surface area contributed by atoms with Crippen LogP contribution in [-0.4, -0.2) is 54.2 Å². The number of aliphatic hydroxyl groups excluding tert-OH is 1. The van der Waals surface area contributed by atoms with Gasteiger partial charge in [0, 0.05) is 25.0 Å². The fourth-order valence-electron chi connectivity index (χ4n) is 3.57. The molecule has 0 saturated carbocycles. The van der Waals surface area contributed by atoms with Crippen molar-refractivity contribution in [3.63, 3.8) is 0 Å². The fourth-order valence-corrected chi connectivity index (χ4v) is 3.57. The minimum absolute atomic E-state index is 0.00926. The summed E-state index contributed by atoms with van der Waals surface area (Å²) < 4.78 is 11.2. The van der Waals surface area contributed by atoms with Crippen molar-refractivity contribution in [2.75, 3.05) is 19.8 Å². The van der Waals surface area contributed by atoms with Crippen LogP contribution in [0.4, 0.5) is 0 Å². The van der Waals surface area contributed by atoms with Crippen molar-refractivity contribution in [3.8, 4) is 0 Å². The van der Waals surface area contributed by atoms with Crippen LogP contribution < -0.4 is 0 Å². The molecular weight excluding hydrogens is 218 g/mol. The van der Waals surface area contributed by atoms with E-state index < -0.39 is 0 Å². The van der Waals surface area contributed by atoms with E-state index in [1.165, 1.54) is 12.8 Å². The standard InChI is InChI=1S/C13H23NO3/c15-12-8-10-2-3-11(9-12)14(10)5-4-13-16-6-1-7-17-13/h10-13,15H,1-9H2. The summed E-state index contributed by atoms with van der Waals surface area (Å²) in [4.78, 5) is 2.58. The molecule has 3 heterocycles. The van der Waals surface area contributed by atoms with Gasteiger partial charge < -0.3 is 14.6 Å². The molecular formula is C13H23NO3. The molecule has 4 heteroatoms. The van der Waals surface area contributed by atoms with Gasteiger partial charge in [0.15, 0.2) is 6.29 Å². The fraction of sp³-hybridized carbons (Fsp3) is 1.00. The molecule has 3 aliphatic heterocycles. The van der Waals surface area contributed by atoms with Crippen LogP contribution in [0.1, 0.15) is 38.5 Å². The first kappa shape index (κ1) is 11.9. The van der Waals surface area contributed by atoms with Gasteiger partial charge in [0.25, 0.3) is 0 Å². The van der Waals surface area contributed by atoms with Crippen LogP contribution in [0.15, 0.2) is 0 Å². The summed E-state index contributed by atoms with van der Waals surface area (Å²) in [6.45, 7) is 2.75. The lowest BCUT2D eigenvalue weighted by atomic mass is 10.00. The van der Waals surface area contributed by atoms with Gasteiger partial charge in [-0.05, 0) is 32.1 Å². The lowest BCUT2D eigenvalue weighted by Crippen LogP contribution is -2.46. The van der Waals surface area contributed by atoms with Crippen molar-refractivity contribution in [1.29, 1.82) is 0 Å². The van der Waals surface area contributed by atoms with Gasteiger partial charge in [-0.15, -0.1) is 0 Å². The van der Waals surface area contributed by atoms with E-state index >= 15 is 0 Å². The third-order valence-corrected chi connectivity index (χ3v) is 4.38. The Kier molecular flexibility index (Phi) is 3.66. The molecule has 0 aromatic rings. The second kappa shape index (κ2) is 5.22. The molecule has 17 heavy (non-hydrogen) atoms. The van der Waals surface area contributed by atoms with Gasteiger partial charge in [-0.25, -0.2) is 0 Å². The average Bonchev–Trinajstić information content (AvgIpc) is 2.59. The maximum atomic E-state index is 9.75. The van der Waals surface area contributed by atoms with Crippen LogP contribution in [-0.2, 0) is 9.47 Å². The van der Waals surface area contributed by atoms with Crippen molar-refractivity contribution >= 4 is 0 Å². The number of hydrogen-bond acceptors (Lipinski definition) is 4. The molecule has 2 bridgehead atoms. The SMILES string of the molecule is OC1CC2CCC(C1)N2CCC1OCCCO1. The molecule has 0 amide bonds. The summed E-state index contributed by atoms with van der Waals surface area (Å²) in [7, 11) is 0. The van der Waals surface area contributed by atoms with E-state index in [9.17, 15) is 5.11 Å². The van der Waals surface area contributed by atoms with Crippen LogP contribution in [0.2, 0.25) is 0 Å². The summed E-state index contributed by atoms with van der Waals surface area (Å²) in [5.74, 6) is 0. The second-order valence-electron chi connectivity index (χ2n) is 5.56. The number of aliphatic hydroxyl groups is 1. The predicted octanol–water partition coefficient (Wildman–Crippen LogP) is 1.13. The Morgan fingerprint density at radius 2 is 1.71 bits per heavy atom. The van der Waals surface area contributed by atoms with Gasteiger partial charge in [0.05, 0.1) is 19.3 Å². The first-order valence-electron chi connectivity index (χ1n) is 7.00. The number of fused-ring (bicyclic) bond motifs is 2. The summed E-state index contributed by atoms with van der Waals surface area (Å²) in [5, 5.41) is 9.75. The molecule has 0 aromatic carbocycles. The quantitative estimate of drug-likeness (QED) is 0.804. The molecule has 0 spiro atoms. The van der Waals surface area contributed by atoms with Crippen molar-refractivity contribution in [2.45, 2.75) is 63.0 Å². The van der Waals surface area contributed by atoms with E-state index in [0.29, 0.717) is 12.1 Å². The van der Waals surface area contributed by atoms with Crippen LogP contribution in [0.25, 0.3) is 0 Å². The van der Waals surface area contributed by atoms with E-state index in [1.54, 1.807) is 0 Å². The van der Waals surface area contributed by atoms with Gasteiger partial charge in [-0.1, -0.05) is 0 Å². The van der Waals surface area contributed by atoms with Gasteiger partial charge in [-0.2, -0.15) is 0 Å². The Morgan fingerprint density at radius 1 is 1.06 bits per heavy atom. The molecule has 3 saturated heterocycles. The molecule has 3 aliphatic rings. The predicted molar refractivity (Wildman–Crippen MR) is 63.7 cm³/mol. The molecule has 3 rings (SSSR count).